The highest BCUT2D eigenvalue weighted by Gasteiger charge is 2.21. The van der Waals surface area contributed by atoms with Gasteiger partial charge in [0, 0.05) is 6.54 Å². The maximum absolute atomic E-state index is 13.7. The van der Waals surface area contributed by atoms with Gasteiger partial charge in [0.05, 0.1) is 18.8 Å². The average molecular weight is 370 g/mol. The van der Waals surface area contributed by atoms with Crippen molar-refractivity contribution in [2.24, 2.45) is 0 Å². The van der Waals surface area contributed by atoms with Crippen molar-refractivity contribution in [2.75, 3.05) is 19.5 Å². The van der Waals surface area contributed by atoms with Gasteiger partial charge in [0.15, 0.2) is 29.0 Å². The number of nitrogens with one attached hydrogen (secondary N) is 1. The summed E-state index contributed by atoms with van der Waals surface area (Å²) >= 11 is 0. The summed E-state index contributed by atoms with van der Waals surface area (Å²) in [5.74, 6) is -5.50. The van der Waals surface area contributed by atoms with Crippen LogP contribution in [-0.4, -0.2) is 31.0 Å². The Morgan fingerprint density at radius 2 is 1.81 bits per heavy atom. The third-order valence-corrected chi connectivity index (χ3v) is 3.98. The molecule has 26 heavy (non-hydrogen) atoms. The first-order chi connectivity index (χ1) is 12.2. The van der Waals surface area contributed by atoms with Gasteiger partial charge in [-0.05, 0) is 43.8 Å². The number of hydrogen-bond acceptors (Lipinski definition) is 3. The Kier molecular flexibility index (Phi) is 6.20. The summed E-state index contributed by atoms with van der Waals surface area (Å²) in [6, 6.07) is 5.33. The maximum Gasteiger partial charge on any atom is 0.241 e. The SMILES string of the molecule is COc1ccc(CN(C)[C@H](C)C(=O)Nc2ccc(F)c(F)c2F)cc1F. The molecule has 0 fully saturated rings. The molecular formula is C18H18F4N2O2. The number of nitrogens with zero attached hydrogens (tertiary/aromatic N) is 1. The second kappa shape index (κ2) is 8.18. The van der Waals surface area contributed by atoms with Gasteiger partial charge in [-0.2, -0.15) is 0 Å². The second-order valence-electron chi connectivity index (χ2n) is 5.77. The molecule has 0 spiro atoms. The number of methoxy groups -OCH3 is 1. The molecule has 0 aliphatic rings. The summed E-state index contributed by atoms with van der Waals surface area (Å²) in [4.78, 5) is 13.8. The Hall–Kier alpha value is -2.61. The number of likely N-dealkylation sites (N-methyl/N-ethyl adjacent to an activating group) is 1. The quantitative estimate of drug-likeness (QED) is 0.623. The minimum Gasteiger partial charge on any atom is -0.494 e. The van der Waals surface area contributed by atoms with E-state index in [1.807, 2.05) is 0 Å². The van der Waals surface area contributed by atoms with E-state index in [0.29, 0.717) is 5.56 Å². The molecule has 0 aliphatic carbocycles. The number of benzene rings is 2. The molecule has 2 rings (SSSR count). The van der Waals surface area contributed by atoms with Crippen LogP contribution in [0.4, 0.5) is 23.2 Å². The van der Waals surface area contributed by atoms with Crippen LogP contribution in [0, 0.1) is 23.3 Å². The van der Waals surface area contributed by atoms with Gasteiger partial charge in [-0.1, -0.05) is 6.07 Å². The molecule has 0 heterocycles. The number of carbonyl (C=O) groups is 1. The smallest absolute Gasteiger partial charge is 0.241 e. The first kappa shape index (κ1) is 19.7. The molecule has 2 aromatic rings. The van der Waals surface area contributed by atoms with Crippen molar-refractivity contribution >= 4 is 11.6 Å². The van der Waals surface area contributed by atoms with E-state index in [9.17, 15) is 22.4 Å². The first-order valence-corrected chi connectivity index (χ1v) is 7.71. The van der Waals surface area contributed by atoms with E-state index >= 15 is 0 Å². The van der Waals surface area contributed by atoms with Gasteiger partial charge in [-0.15, -0.1) is 0 Å². The number of halogens is 4. The summed E-state index contributed by atoms with van der Waals surface area (Å²) in [7, 11) is 2.97. The van der Waals surface area contributed by atoms with Gasteiger partial charge in [-0.3, -0.25) is 9.69 Å². The predicted molar refractivity (Wildman–Crippen MR) is 88.8 cm³/mol. The molecule has 1 amide bonds. The maximum atomic E-state index is 13.7. The van der Waals surface area contributed by atoms with E-state index in [2.05, 4.69) is 5.32 Å². The zero-order valence-electron chi connectivity index (χ0n) is 14.4. The molecule has 0 aromatic heterocycles. The molecule has 0 saturated heterocycles. The fraction of sp³-hybridized carbons (Fsp3) is 0.278. The zero-order chi connectivity index (χ0) is 19.4. The zero-order valence-corrected chi connectivity index (χ0v) is 14.4. The number of hydrogen-bond donors (Lipinski definition) is 1. The van der Waals surface area contributed by atoms with Gasteiger partial charge in [0.25, 0.3) is 0 Å². The lowest BCUT2D eigenvalue weighted by molar-refractivity contribution is -0.120. The standard InChI is InChI=1S/C18H18F4N2O2/c1-10(18(25)23-14-6-5-12(19)16(21)17(14)22)24(2)9-11-4-7-15(26-3)13(20)8-11/h4-8,10H,9H2,1-3H3,(H,23,25)/t10-/m1/s1. The normalized spacial score (nSPS) is 12.2. The summed E-state index contributed by atoms with van der Waals surface area (Å²) < 4.78 is 58.4. The topological polar surface area (TPSA) is 41.6 Å². The third-order valence-electron chi connectivity index (χ3n) is 3.98. The molecule has 0 bridgehead atoms. The van der Waals surface area contributed by atoms with Crippen LogP contribution in [0.25, 0.3) is 0 Å². The van der Waals surface area contributed by atoms with Crippen molar-refractivity contribution in [3.05, 3.63) is 59.2 Å². The summed E-state index contributed by atoms with van der Waals surface area (Å²) in [5.41, 5.74) is 0.147. The minimum absolute atomic E-state index is 0.107. The average Bonchev–Trinajstić information content (AvgIpc) is 2.61. The van der Waals surface area contributed by atoms with Crippen molar-refractivity contribution in [3.8, 4) is 5.75 Å². The highest BCUT2D eigenvalue weighted by atomic mass is 19.2. The van der Waals surface area contributed by atoms with Crippen molar-refractivity contribution < 1.29 is 27.1 Å². The molecular weight excluding hydrogens is 352 g/mol. The third kappa shape index (κ3) is 4.32. The van der Waals surface area contributed by atoms with E-state index in [-0.39, 0.29) is 12.3 Å². The Morgan fingerprint density at radius 3 is 2.42 bits per heavy atom. The van der Waals surface area contributed by atoms with Crippen LogP contribution in [0.1, 0.15) is 12.5 Å². The van der Waals surface area contributed by atoms with Crippen LogP contribution in [0.2, 0.25) is 0 Å². The number of amides is 1. The Bertz CT molecular complexity index is 814. The Labute approximate surface area is 148 Å². The summed E-state index contributed by atoms with van der Waals surface area (Å²) in [6.07, 6.45) is 0. The van der Waals surface area contributed by atoms with E-state index in [1.54, 1.807) is 24.9 Å². The summed E-state index contributed by atoms with van der Waals surface area (Å²) in [5, 5.41) is 2.22. The van der Waals surface area contributed by atoms with Gasteiger partial charge >= 0.3 is 0 Å². The van der Waals surface area contributed by atoms with Crippen LogP contribution < -0.4 is 10.1 Å². The van der Waals surface area contributed by atoms with Crippen LogP contribution in [-0.2, 0) is 11.3 Å². The van der Waals surface area contributed by atoms with Crippen LogP contribution in [0.3, 0.4) is 0 Å². The van der Waals surface area contributed by atoms with Crippen molar-refractivity contribution in [1.29, 1.82) is 0 Å². The van der Waals surface area contributed by atoms with Gasteiger partial charge in [-0.25, -0.2) is 17.6 Å². The molecule has 8 heteroatoms. The van der Waals surface area contributed by atoms with E-state index < -0.39 is 40.9 Å². The largest absolute Gasteiger partial charge is 0.494 e. The highest BCUT2D eigenvalue weighted by molar-refractivity contribution is 5.94. The molecule has 1 atom stereocenters. The highest BCUT2D eigenvalue weighted by Crippen LogP contribution is 2.21. The first-order valence-electron chi connectivity index (χ1n) is 7.71. The monoisotopic (exact) mass is 370 g/mol. The molecule has 0 aliphatic heterocycles. The molecule has 0 radical (unpaired) electrons. The molecule has 2 aromatic carbocycles. The molecule has 0 unspecified atom stereocenters. The number of carbonyl (C=O) groups excluding carboxylic acids is 1. The minimum atomic E-state index is -1.66. The van der Waals surface area contributed by atoms with Gasteiger partial charge in [0.1, 0.15) is 0 Å². The molecule has 140 valence electrons. The molecule has 1 N–H and O–H groups in total. The van der Waals surface area contributed by atoms with Crippen LogP contribution >= 0.6 is 0 Å². The molecule has 0 saturated carbocycles. The van der Waals surface area contributed by atoms with Crippen molar-refractivity contribution in [2.45, 2.75) is 19.5 Å². The van der Waals surface area contributed by atoms with E-state index in [1.165, 1.54) is 19.2 Å². The fourth-order valence-electron chi connectivity index (χ4n) is 2.29. The molecule has 4 nitrogen and oxygen atoms in total. The fourth-order valence-corrected chi connectivity index (χ4v) is 2.29. The number of ether oxygens (including phenoxy) is 1. The summed E-state index contributed by atoms with van der Waals surface area (Å²) in [6.45, 7) is 1.78. The Balaban J connectivity index is 2.05. The Morgan fingerprint density at radius 1 is 1.12 bits per heavy atom. The lowest BCUT2D eigenvalue weighted by atomic mass is 10.1. The van der Waals surface area contributed by atoms with E-state index in [0.717, 1.165) is 12.1 Å². The van der Waals surface area contributed by atoms with Crippen molar-refractivity contribution in [1.82, 2.24) is 4.90 Å². The van der Waals surface area contributed by atoms with Gasteiger partial charge < -0.3 is 10.1 Å². The van der Waals surface area contributed by atoms with E-state index in [4.69, 9.17) is 4.74 Å². The number of rotatable bonds is 6. The second-order valence-corrected chi connectivity index (χ2v) is 5.77. The lowest BCUT2D eigenvalue weighted by Crippen LogP contribution is -2.39. The number of anilines is 1. The van der Waals surface area contributed by atoms with Crippen molar-refractivity contribution in [3.63, 3.8) is 0 Å². The van der Waals surface area contributed by atoms with Crippen LogP contribution in [0.15, 0.2) is 30.3 Å². The predicted octanol–water partition coefficient (Wildman–Crippen LogP) is 3.71. The van der Waals surface area contributed by atoms with Crippen LogP contribution in [0.5, 0.6) is 5.75 Å². The van der Waals surface area contributed by atoms with Gasteiger partial charge in [0.2, 0.25) is 5.91 Å². The lowest BCUT2D eigenvalue weighted by Gasteiger charge is -2.24.